The van der Waals surface area contributed by atoms with Crippen molar-refractivity contribution in [1.82, 2.24) is 5.32 Å². The van der Waals surface area contributed by atoms with E-state index in [1.807, 2.05) is 24.3 Å². The standard InChI is InChI=1S/C16H15NO4/c18-16(19)12-4-1-3-11(7-12)8-17-9-13-5-2-6-14-15(13)21-10-20-14/h1-7,17H,8-10H2,(H,18,19). The Morgan fingerprint density at radius 1 is 1.14 bits per heavy atom. The molecule has 108 valence electrons. The number of para-hydroxylation sites is 1. The predicted octanol–water partition coefficient (Wildman–Crippen LogP) is 2.40. The second kappa shape index (κ2) is 5.85. The van der Waals surface area contributed by atoms with Crippen molar-refractivity contribution < 1.29 is 19.4 Å². The maximum absolute atomic E-state index is 10.9. The van der Waals surface area contributed by atoms with E-state index >= 15 is 0 Å². The molecule has 0 radical (unpaired) electrons. The monoisotopic (exact) mass is 285 g/mol. The van der Waals surface area contributed by atoms with Crippen molar-refractivity contribution in [2.24, 2.45) is 0 Å². The van der Waals surface area contributed by atoms with Gasteiger partial charge in [0.2, 0.25) is 6.79 Å². The number of carboxylic acids is 1. The third-order valence-electron chi connectivity index (χ3n) is 3.30. The zero-order chi connectivity index (χ0) is 14.7. The minimum absolute atomic E-state index is 0.257. The molecule has 1 heterocycles. The lowest BCUT2D eigenvalue weighted by Crippen LogP contribution is -2.13. The first-order chi connectivity index (χ1) is 10.2. The number of fused-ring (bicyclic) bond motifs is 1. The quantitative estimate of drug-likeness (QED) is 0.883. The van der Waals surface area contributed by atoms with Crippen molar-refractivity contribution in [1.29, 1.82) is 0 Å². The topological polar surface area (TPSA) is 67.8 Å². The van der Waals surface area contributed by atoms with E-state index < -0.39 is 5.97 Å². The highest BCUT2D eigenvalue weighted by Gasteiger charge is 2.16. The molecule has 21 heavy (non-hydrogen) atoms. The Morgan fingerprint density at radius 3 is 2.86 bits per heavy atom. The second-order valence-electron chi connectivity index (χ2n) is 4.76. The number of aromatic carboxylic acids is 1. The first-order valence-electron chi connectivity index (χ1n) is 6.64. The van der Waals surface area contributed by atoms with Crippen LogP contribution in [0.2, 0.25) is 0 Å². The smallest absolute Gasteiger partial charge is 0.335 e. The number of nitrogens with one attached hydrogen (secondary N) is 1. The summed E-state index contributed by atoms with van der Waals surface area (Å²) in [6.45, 7) is 1.47. The molecule has 3 rings (SSSR count). The summed E-state index contributed by atoms with van der Waals surface area (Å²) >= 11 is 0. The van der Waals surface area contributed by atoms with Crippen molar-refractivity contribution in [3.63, 3.8) is 0 Å². The average molecular weight is 285 g/mol. The minimum atomic E-state index is -0.914. The normalized spacial score (nSPS) is 12.4. The van der Waals surface area contributed by atoms with E-state index in [1.54, 1.807) is 18.2 Å². The first kappa shape index (κ1) is 13.5. The molecule has 0 aliphatic carbocycles. The van der Waals surface area contributed by atoms with E-state index in [-0.39, 0.29) is 6.79 Å². The van der Waals surface area contributed by atoms with Crippen LogP contribution in [0.3, 0.4) is 0 Å². The molecular weight excluding hydrogens is 270 g/mol. The third kappa shape index (κ3) is 2.98. The summed E-state index contributed by atoms with van der Waals surface area (Å²) in [4.78, 5) is 10.9. The average Bonchev–Trinajstić information content (AvgIpc) is 2.97. The highest BCUT2D eigenvalue weighted by molar-refractivity contribution is 5.87. The van der Waals surface area contributed by atoms with Crippen LogP contribution in [0.4, 0.5) is 0 Å². The number of carboxylic acid groups (broad SMARTS) is 1. The van der Waals surface area contributed by atoms with Gasteiger partial charge in [-0.25, -0.2) is 4.79 Å². The van der Waals surface area contributed by atoms with Crippen molar-refractivity contribution in [3.05, 3.63) is 59.2 Å². The molecule has 0 unspecified atom stereocenters. The summed E-state index contributed by atoms with van der Waals surface area (Å²) in [5.41, 5.74) is 2.26. The van der Waals surface area contributed by atoms with Crippen LogP contribution >= 0.6 is 0 Å². The molecule has 0 saturated carbocycles. The SMILES string of the molecule is O=C(O)c1cccc(CNCc2cccc3c2OCO3)c1. The minimum Gasteiger partial charge on any atom is -0.478 e. The van der Waals surface area contributed by atoms with Crippen molar-refractivity contribution >= 4 is 5.97 Å². The van der Waals surface area contributed by atoms with E-state index in [9.17, 15) is 4.79 Å². The molecule has 5 heteroatoms. The zero-order valence-electron chi connectivity index (χ0n) is 11.3. The predicted molar refractivity (Wildman–Crippen MR) is 76.5 cm³/mol. The molecular formula is C16H15NO4. The van der Waals surface area contributed by atoms with Crippen LogP contribution in [0, 0.1) is 0 Å². The van der Waals surface area contributed by atoms with Gasteiger partial charge in [0.1, 0.15) is 0 Å². The Hall–Kier alpha value is -2.53. The number of rotatable bonds is 5. The lowest BCUT2D eigenvalue weighted by Gasteiger charge is -2.08. The second-order valence-corrected chi connectivity index (χ2v) is 4.76. The molecule has 0 fully saturated rings. The van der Waals surface area contributed by atoms with Crippen LogP contribution in [0.15, 0.2) is 42.5 Å². The molecule has 0 saturated heterocycles. The highest BCUT2D eigenvalue weighted by atomic mass is 16.7. The Bertz CT molecular complexity index is 669. The van der Waals surface area contributed by atoms with Gasteiger partial charge in [0.25, 0.3) is 0 Å². The summed E-state index contributed by atoms with van der Waals surface area (Å²) < 4.78 is 10.8. The van der Waals surface area contributed by atoms with Gasteiger partial charge in [0.15, 0.2) is 11.5 Å². The van der Waals surface area contributed by atoms with E-state index in [2.05, 4.69) is 5.32 Å². The highest BCUT2D eigenvalue weighted by Crippen LogP contribution is 2.35. The molecule has 1 aliphatic heterocycles. The van der Waals surface area contributed by atoms with Gasteiger partial charge in [0, 0.05) is 18.7 Å². The fourth-order valence-corrected chi connectivity index (χ4v) is 2.29. The first-order valence-corrected chi connectivity index (χ1v) is 6.64. The van der Waals surface area contributed by atoms with E-state index in [1.165, 1.54) is 0 Å². The summed E-state index contributed by atoms with van der Waals surface area (Å²) in [7, 11) is 0. The van der Waals surface area contributed by atoms with Crippen LogP contribution in [-0.4, -0.2) is 17.9 Å². The lowest BCUT2D eigenvalue weighted by molar-refractivity contribution is 0.0696. The summed E-state index contributed by atoms with van der Waals surface area (Å²) in [5, 5.41) is 12.3. The summed E-state index contributed by atoms with van der Waals surface area (Å²) in [6.07, 6.45) is 0. The molecule has 0 bridgehead atoms. The van der Waals surface area contributed by atoms with Crippen LogP contribution in [-0.2, 0) is 13.1 Å². The summed E-state index contributed by atoms with van der Waals surface area (Å²) in [6, 6.07) is 12.7. The molecule has 0 aromatic heterocycles. The van der Waals surface area contributed by atoms with Gasteiger partial charge < -0.3 is 19.9 Å². The maximum atomic E-state index is 10.9. The van der Waals surface area contributed by atoms with Crippen LogP contribution in [0.1, 0.15) is 21.5 Å². The molecule has 2 N–H and O–H groups in total. The molecule has 2 aromatic carbocycles. The number of carbonyl (C=O) groups is 1. The van der Waals surface area contributed by atoms with Gasteiger partial charge in [-0.1, -0.05) is 24.3 Å². The fourth-order valence-electron chi connectivity index (χ4n) is 2.29. The molecule has 0 amide bonds. The van der Waals surface area contributed by atoms with Crippen molar-refractivity contribution in [2.75, 3.05) is 6.79 Å². The van der Waals surface area contributed by atoms with Gasteiger partial charge in [-0.2, -0.15) is 0 Å². The van der Waals surface area contributed by atoms with Gasteiger partial charge in [-0.3, -0.25) is 0 Å². The van der Waals surface area contributed by atoms with Gasteiger partial charge >= 0.3 is 5.97 Å². The van der Waals surface area contributed by atoms with Gasteiger partial charge in [-0.05, 0) is 23.8 Å². The number of hydrogen-bond acceptors (Lipinski definition) is 4. The van der Waals surface area contributed by atoms with Crippen LogP contribution < -0.4 is 14.8 Å². The number of benzene rings is 2. The van der Waals surface area contributed by atoms with E-state index in [4.69, 9.17) is 14.6 Å². The molecule has 0 atom stereocenters. The molecule has 5 nitrogen and oxygen atoms in total. The van der Waals surface area contributed by atoms with Crippen LogP contribution in [0.25, 0.3) is 0 Å². The molecule has 2 aromatic rings. The van der Waals surface area contributed by atoms with Crippen molar-refractivity contribution in [3.8, 4) is 11.5 Å². The van der Waals surface area contributed by atoms with Gasteiger partial charge in [0.05, 0.1) is 5.56 Å². The third-order valence-corrected chi connectivity index (χ3v) is 3.30. The van der Waals surface area contributed by atoms with Crippen molar-refractivity contribution in [2.45, 2.75) is 13.1 Å². The maximum Gasteiger partial charge on any atom is 0.335 e. The Labute approximate surface area is 122 Å². The molecule has 0 spiro atoms. The lowest BCUT2D eigenvalue weighted by atomic mass is 10.1. The van der Waals surface area contributed by atoms with Gasteiger partial charge in [-0.15, -0.1) is 0 Å². The van der Waals surface area contributed by atoms with E-state index in [0.717, 1.165) is 22.6 Å². The Morgan fingerprint density at radius 2 is 2.00 bits per heavy atom. The number of ether oxygens (including phenoxy) is 2. The van der Waals surface area contributed by atoms with E-state index in [0.29, 0.717) is 18.7 Å². The van der Waals surface area contributed by atoms with Crippen LogP contribution in [0.5, 0.6) is 11.5 Å². The summed E-state index contributed by atoms with van der Waals surface area (Å²) in [5.74, 6) is 0.634. The largest absolute Gasteiger partial charge is 0.478 e. The fraction of sp³-hybridized carbons (Fsp3) is 0.188. The molecule has 1 aliphatic rings. The number of hydrogen-bond donors (Lipinski definition) is 2. The zero-order valence-corrected chi connectivity index (χ0v) is 11.3. The Balaban J connectivity index is 1.63. The Kier molecular flexibility index (Phi) is 3.75.